The number of carbonyl (C=O) groups is 2. The van der Waals surface area contributed by atoms with Crippen molar-refractivity contribution in [1.29, 1.82) is 0 Å². The van der Waals surface area contributed by atoms with Gasteiger partial charge in [0.2, 0.25) is 0 Å². The highest BCUT2D eigenvalue weighted by Gasteiger charge is 2.12. The number of carboxylic acids is 1. The monoisotopic (exact) mass is 279 g/mol. The van der Waals surface area contributed by atoms with E-state index in [0.717, 1.165) is 12.1 Å². The second kappa shape index (κ2) is 8.90. The van der Waals surface area contributed by atoms with Crippen LogP contribution in [0.25, 0.3) is 0 Å². The molecule has 0 fully saturated rings. The van der Waals surface area contributed by atoms with Gasteiger partial charge >= 0.3 is 12.0 Å². The maximum Gasteiger partial charge on any atom is 0.314 e. The molecule has 0 bridgehead atoms. The summed E-state index contributed by atoms with van der Waals surface area (Å²) in [5.74, 6) is -0.872. The van der Waals surface area contributed by atoms with Gasteiger partial charge in [-0.15, -0.1) is 0 Å². The molecule has 0 saturated heterocycles. The molecule has 1 aromatic rings. The summed E-state index contributed by atoms with van der Waals surface area (Å²) in [6, 6.07) is 5.38. The van der Waals surface area contributed by atoms with Gasteiger partial charge < -0.3 is 15.7 Å². The summed E-state index contributed by atoms with van der Waals surface area (Å²) in [4.78, 5) is 26.3. The van der Waals surface area contributed by atoms with Crippen molar-refractivity contribution in [2.75, 3.05) is 13.1 Å². The lowest BCUT2D eigenvalue weighted by atomic mass is 10.0. The van der Waals surface area contributed by atoms with Crippen LogP contribution >= 0.6 is 0 Å². The molecule has 20 heavy (non-hydrogen) atoms. The fraction of sp³-hybridized carbons (Fsp3) is 0.500. The first-order valence-electron chi connectivity index (χ1n) is 6.75. The Kier molecular flexibility index (Phi) is 7.10. The normalized spacial score (nSPS) is 11.7. The minimum absolute atomic E-state index is 0.0333. The second-order valence-corrected chi connectivity index (χ2v) is 4.58. The summed E-state index contributed by atoms with van der Waals surface area (Å²) in [5.41, 5.74) is 0.921. The Balaban J connectivity index is 2.18. The van der Waals surface area contributed by atoms with E-state index in [1.807, 2.05) is 25.1 Å². The average Bonchev–Trinajstić information content (AvgIpc) is 2.44. The molecule has 6 nitrogen and oxygen atoms in total. The van der Waals surface area contributed by atoms with Gasteiger partial charge in [-0.2, -0.15) is 0 Å². The molecule has 0 aliphatic rings. The van der Waals surface area contributed by atoms with E-state index in [1.165, 1.54) is 0 Å². The van der Waals surface area contributed by atoms with Gasteiger partial charge in [-0.1, -0.05) is 19.4 Å². The first-order chi connectivity index (χ1) is 9.61. The predicted octanol–water partition coefficient (Wildman–Crippen LogP) is 1.42. The highest BCUT2D eigenvalue weighted by atomic mass is 16.4. The van der Waals surface area contributed by atoms with Gasteiger partial charge in [0.1, 0.15) is 0 Å². The third-order valence-electron chi connectivity index (χ3n) is 2.98. The van der Waals surface area contributed by atoms with Crippen molar-refractivity contribution >= 4 is 12.0 Å². The lowest BCUT2D eigenvalue weighted by Crippen LogP contribution is -2.39. The van der Waals surface area contributed by atoms with E-state index in [2.05, 4.69) is 15.6 Å². The van der Waals surface area contributed by atoms with E-state index in [0.29, 0.717) is 19.5 Å². The Labute approximate surface area is 118 Å². The van der Waals surface area contributed by atoms with Crippen molar-refractivity contribution < 1.29 is 14.7 Å². The van der Waals surface area contributed by atoms with Crippen LogP contribution in [0.3, 0.4) is 0 Å². The number of nitrogens with one attached hydrogen (secondary N) is 2. The Hall–Kier alpha value is -2.11. The van der Waals surface area contributed by atoms with Crippen LogP contribution in [-0.4, -0.2) is 35.2 Å². The van der Waals surface area contributed by atoms with Gasteiger partial charge in [0.15, 0.2) is 0 Å². The third-order valence-corrected chi connectivity index (χ3v) is 2.98. The van der Waals surface area contributed by atoms with E-state index in [4.69, 9.17) is 5.11 Å². The lowest BCUT2D eigenvalue weighted by molar-refractivity contribution is -0.138. The van der Waals surface area contributed by atoms with Crippen LogP contribution in [0.15, 0.2) is 24.4 Å². The van der Waals surface area contributed by atoms with E-state index in [-0.39, 0.29) is 18.4 Å². The summed E-state index contributed by atoms with van der Waals surface area (Å²) in [6.07, 6.45) is 3.18. The van der Waals surface area contributed by atoms with Crippen LogP contribution in [0.5, 0.6) is 0 Å². The number of aromatic nitrogens is 1. The smallest absolute Gasteiger partial charge is 0.314 e. The highest BCUT2D eigenvalue weighted by molar-refractivity contribution is 5.74. The molecule has 1 heterocycles. The molecule has 110 valence electrons. The molecule has 1 aromatic heterocycles. The van der Waals surface area contributed by atoms with Gasteiger partial charge in [0, 0.05) is 37.8 Å². The number of aliphatic carboxylic acids is 1. The maximum absolute atomic E-state index is 11.5. The van der Waals surface area contributed by atoms with Gasteiger partial charge in [-0.25, -0.2) is 4.79 Å². The molecular formula is C14H21N3O3. The number of hydrogen-bond acceptors (Lipinski definition) is 3. The molecule has 1 unspecified atom stereocenters. The number of nitrogens with zero attached hydrogens (tertiary/aromatic N) is 1. The maximum atomic E-state index is 11.5. The van der Waals surface area contributed by atoms with Crippen molar-refractivity contribution in [2.45, 2.75) is 26.2 Å². The fourth-order valence-electron chi connectivity index (χ4n) is 1.76. The highest BCUT2D eigenvalue weighted by Crippen LogP contribution is 2.06. The number of hydrogen-bond donors (Lipinski definition) is 3. The van der Waals surface area contributed by atoms with Crippen molar-refractivity contribution in [3.63, 3.8) is 0 Å². The largest absolute Gasteiger partial charge is 0.481 e. The molecular weight excluding hydrogens is 258 g/mol. The zero-order valence-electron chi connectivity index (χ0n) is 11.6. The summed E-state index contributed by atoms with van der Waals surface area (Å²) < 4.78 is 0. The van der Waals surface area contributed by atoms with Crippen molar-refractivity contribution in [1.82, 2.24) is 15.6 Å². The molecule has 3 N–H and O–H groups in total. The lowest BCUT2D eigenvalue weighted by Gasteiger charge is -2.13. The fourth-order valence-corrected chi connectivity index (χ4v) is 1.76. The third kappa shape index (κ3) is 6.72. The van der Waals surface area contributed by atoms with Gasteiger partial charge in [0.05, 0.1) is 0 Å². The molecule has 0 aromatic carbocycles. The zero-order chi connectivity index (χ0) is 14.8. The first kappa shape index (κ1) is 15.9. The van der Waals surface area contributed by atoms with E-state index >= 15 is 0 Å². The Morgan fingerprint density at radius 2 is 2.15 bits per heavy atom. The molecule has 0 radical (unpaired) electrons. The van der Waals surface area contributed by atoms with E-state index < -0.39 is 5.97 Å². The van der Waals surface area contributed by atoms with Crippen LogP contribution in [-0.2, 0) is 11.2 Å². The number of pyridine rings is 1. The Morgan fingerprint density at radius 3 is 2.75 bits per heavy atom. The van der Waals surface area contributed by atoms with E-state index in [1.54, 1.807) is 6.20 Å². The summed E-state index contributed by atoms with van der Waals surface area (Å²) in [7, 11) is 0. The average molecular weight is 279 g/mol. The number of carbonyl (C=O) groups excluding carboxylic acids is 1. The number of rotatable bonds is 8. The van der Waals surface area contributed by atoms with E-state index in [9.17, 15) is 9.59 Å². The molecule has 0 spiro atoms. The van der Waals surface area contributed by atoms with Gasteiger partial charge in [-0.3, -0.25) is 9.78 Å². The standard InChI is InChI=1S/C14H21N3O3/c1-2-11(9-13(18)19)10-17-14(20)16-8-6-12-5-3-4-7-15-12/h3-5,7,11H,2,6,8-10H2,1H3,(H,18,19)(H2,16,17,20). The molecule has 2 amide bonds. The van der Waals surface area contributed by atoms with Crippen LogP contribution < -0.4 is 10.6 Å². The van der Waals surface area contributed by atoms with Crippen LogP contribution in [0.2, 0.25) is 0 Å². The number of amides is 2. The quantitative estimate of drug-likeness (QED) is 0.671. The number of urea groups is 1. The first-order valence-corrected chi connectivity index (χ1v) is 6.75. The van der Waals surface area contributed by atoms with Crippen LogP contribution in [0, 0.1) is 5.92 Å². The van der Waals surface area contributed by atoms with Gasteiger partial charge in [-0.05, 0) is 18.1 Å². The van der Waals surface area contributed by atoms with Crippen molar-refractivity contribution in [3.05, 3.63) is 30.1 Å². The summed E-state index contributed by atoms with van der Waals surface area (Å²) >= 11 is 0. The minimum atomic E-state index is -0.839. The summed E-state index contributed by atoms with van der Waals surface area (Å²) in [6.45, 7) is 2.78. The van der Waals surface area contributed by atoms with Crippen molar-refractivity contribution in [3.8, 4) is 0 Å². The Bertz CT molecular complexity index is 423. The second-order valence-electron chi connectivity index (χ2n) is 4.58. The molecule has 1 atom stereocenters. The molecule has 0 aliphatic heterocycles. The minimum Gasteiger partial charge on any atom is -0.481 e. The predicted molar refractivity (Wildman–Crippen MR) is 75.4 cm³/mol. The molecule has 6 heteroatoms. The SMILES string of the molecule is CCC(CNC(=O)NCCc1ccccn1)CC(=O)O. The number of carboxylic acid groups (broad SMARTS) is 1. The van der Waals surface area contributed by atoms with Crippen LogP contribution in [0.4, 0.5) is 4.79 Å². The molecule has 1 rings (SSSR count). The Morgan fingerprint density at radius 1 is 1.35 bits per heavy atom. The topological polar surface area (TPSA) is 91.3 Å². The van der Waals surface area contributed by atoms with Crippen molar-refractivity contribution in [2.24, 2.45) is 5.92 Å². The molecule has 0 aliphatic carbocycles. The van der Waals surface area contributed by atoms with Gasteiger partial charge in [0.25, 0.3) is 0 Å². The van der Waals surface area contributed by atoms with Crippen LogP contribution in [0.1, 0.15) is 25.5 Å². The molecule has 0 saturated carbocycles. The zero-order valence-corrected chi connectivity index (χ0v) is 11.6. The summed E-state index contributed by atoms with van der Waals surface area (Å²) in [5, 5.41) is 14.1.